The summed E-state index contributed by atoms with van der Waals surface area (Å²) in [6.07, 6.45) is 2.95. The third kappa shape index (κ3) is 4.64. The van der Waals surface area contributed by atoms with Crippen LogP contribution < -0.4 is 15.4 Å². The summed E-state index contributed by atoms with van der Waals surface area (Å²) in [5.41, 5.74) is 0.974. The molecular weight excluding hydrogens is 344 g/mol. The minimum absolute atomic E-state index is 0.0460. The first-order valence-corrected chi connectivity index (χ1v) is 8.23. The lowest BCUT2D eigenvalue weighted by molar-refractivity contribution is -0.113. The van der Waals surface area contributed by atoms with Gasteiger partial charge < -0.3 is 19.8 Å². The van der Waals surface area contributed by atoms with Gasteiger partial charge >= 0.3 is 0 Å². The fourth-order valence-corrected chi connectivity index (χ4v) is 2.40. The van der Waals surface area contributed by atoms with Crippen LogP contribution in [0.4, 0.5) is 5.69 Å². The zero-order valence-electron chi connectivity index (χ0n) is 14.6. The molecule has 3 aromatic rings. The monoisotopic (exact) mass is 362 g/mol. The van der Waals surface area contributed by atoms with E-state index in [2.05, 4.69) is 10.6 Å². The predicted octanol–water partition coefficient (Wildman–Crippen LogP) is 3.70. The molecule has 0 unspecified atom stereocenters. The Morgan fingerprint density at radius 2 is 1.70 bits per heavy atom. The fraction of sp³-hybridized carbons (Fsp3) is 0.0476. The Morgan fingerprint density at radius 1 is 0.963 bits per heavy atom. The van der Waals surface area contributed by atoms with Crippen LogP contribution in [-0.2, 0) is 4.79 Å². The smallest absolute Gasteiger partial charge is 0.272 e. The van der Waals surface area contributed by atoms with Gasteiger partial charge in [0.1, 0.15) is 17.2 Å². The van der Waals surface area contributed by atoms with Gasteiger partial charge in [-0.3, -0.25) is 9.59 Å². The first kappa shape index (κ1) is 18.0. The topological polar surface area (TPSA) is 80.6 Å². The van der Waals surface area contributed by atoms with Crippen LogP contribution in [0, 0.1) is 0 Å². The van der Waals surface area contributed by atoms with Gasteiger partial charge in [-0.1, -0.05) is 30.3 Å². The molecule has 0 saturated carbocycles. The molecule has 1 aromatic heterocycles. The number of anilines is 1. The molecule has 2 aromatic carbocycles. The lowest BCUT2D eigenvalue weighted by Gasteiger charge is -2.13. The number of carbonyl (C=O) groups is 2. The summed E-state index contributed by atoms with van der Waals surface area (Å²) in [6.45, 7) is 0. The lowest BCUT2D eigenvalue weighted by Crippen LogP contribution is -2.30. The van der Waals surface area contributed by atoms with E-state index < -0.39 is 11.8 Å². The van der Waals surface area contributed by atoms with Crippen LogP contribution in [-0.4, -0.2) is 18.9 Å². The summed E-state index contributed by atoms with van der Waals surface area (Å²) in [5.74, 6) is 0.0508. The second-order valence-corrected chi connectivity index (χ2v) is 5.55. The molecule has 136 valence electrons. The third-order valence-electron chi connectivity index (χ3n) is 3.71. The van der Waals surface area contributed by atoms with Crippen molar-refractivity contribution >= 4 is 23.6 Å². The van der Waals surface area contributed by atoms with E-state index in [1.165, 1.54) is 19.4 Å². The van der Waals surface area contributed by atoms with Gasteiger partial charge in [-0.15, -0.1) is 0 Å². The van der Waals surface area contributed by atoms with Crippen LogP contribution in [0.5, 0.6) is 5.75 Å². The van der Waals surface area contributed by atoms with Crippen molar-refractivity contribution in [2.45, 2.75) is 0 Å². The Bertz CT molecular complexity index is 947. The molecule has 0 bridgehead atoms. The van der Waals surface area contributed by atoms with Crippen molar-refractivity contribution in [3.63, 3.8) is 0 Å². The van der Waals surface area contributed by atoms with Gasteiger partial charge in [-0.25, -0.2) is 0 Å². The summed E-state index contributed by atoms with van der Waals surface area (Å²) in [4.78, 5) is 25.3. The summed E-state index contributed by atoms with van der Waals surface area (Å²) >= 11 is 0. The van der Waals surface area contributed by atoms with E-state index in [9.17, 15) is 9.59 Å². The second kappa shape index (κ2) is 8.53. The largest absolute Gasteiger partial charge is 0.495 e. The van der Waals surface area contributed by atoms with Gasteiger partial charge in [0.15, 0.2) is 0 Å². The molecule has 0 spiro atoms. The number of ether oxygens (including phenoxy) is 1. The predicted molar refractivity (Wildman–Crippen MR) is 102 cm³/mol. The van der Waals surface area contributed by atoms with Crippen LogP contribution in [0.15, 0.2) is 83.1 Å². The van der Waals surface area contributed by atoms with Crippen molar-refractivity contribution in [2.24, 2.45) is 0 Å². The Hall–Kier alpha value is -3.80. The first-order chi connectivity index (χ1) is 13.2. The molecular formula is C21H18N2O4. The summed E-state index contributed by atoms with van der Waals surface area (Å²) < 4.78 is 10.5. The van der Waals surface area contributed by atoms with E-state index in [0.29, 0.717) is 22.8 Å². The number of hydrogen-bond acceptors (Lipinski definition) is 4. The zero-order chi connectivity index (χ0) is 19.1. The highest BCUT2D eigenvalue weighted by molar-refractivity contribution is 6.10. The molecule has 0 radical (unpaired) electrons. The molecule has 0 aliphatic heterocycles. The normalized spacial score (nSPS) is 10.9. The maximum atomic E-state index is 12.8. The quantitative estimate of drug-likeness (QED) is 0.655. The minimum Gasteiger partial charge on any atom is -0.495 e. The highest BCUT2D eigenvalue weighted by atomic mass is 16.5. The molecule has 0 atom stereocenters. The number of methoxy groups -OCH3 is 1. The molecule has 0 saturated heterocycles. The van der Waals surface area contributed by atoms with Crippen LogP contribution in [0.1, 0.15) is 16.1 Å². The molecule has 1 heterocycles. The summed E-state index contributed by atoms with van der Waals surface area (Å²) in [7, 11) is 1.52. The van der Waals surface area contributed by atoms with Crippen molar-refractivity contribution < 1.29 is 18.7 Å². The molecule has 6 nitrogen and oxygen atoms in total. The maximum absolute atomic E-state index is 12.8. The average Bonchev–Trinajstić information content (AvgIpc) is 3.21. The Morgan fingerprint density at radius 3 is 2.41 bits per heavy atom. The van der Waals surface area contributed by atoms with Gasteiger partial charge in [0.25, 0.3) is 11.8 Å². The number of nitrogens with one attached hydrogen (secondary N) is 2. The highest BCUT2D eigenvalue weighted by Gasteiger charge is 2.16. The van der Waals surface area contributed by atoms with E-state index in [4.69, 9.17) is 9.15 Å². The molecule has 6 heteroatoms. The standard InChI is InChI=1S/C21H18N2O4/c1-26-19-12-6-5-11-17(19)22-21(25)18(14-16-10-7-13-27-16)23-20(24)15-8-3-2-4-9-15/h2-14H,1H3,(H,22,25)(H,23,24)/b18-14+. The maximum Gasteiger partial charge on any atom is 0.272 e. The third-order valence-corrected chi connectivity index (χ3v) is 3.71. The molecule has 2 amide bonds. The zero-order valence-corrected chi connectivity index (χ0v) is 14.6. The fourth-order valence-electron chi connectivity index (χ4n) is 2.40. The number of benzene rings is 2. The molecule has 3 rings (SSSR count). The Balaban J connectivity index is 1.86. The van der Waals surface area contributed by atoms with Crippen LogP contribution >= 0.6 is 0 Å². The van der Waals surface area contributed by atoms with Crippen LogP contribution in [0.25, 0.3) is 6.08 Å². The van der Waals surface area contributed by atoms with Gasteiger partial charge in [-0.2, -0.15) is 0 Å². The molecule has 2 N–H and O–H groups in total. The SMILES string of the molecule is COc1ccccc1NC(=O)/C(=C\c1ccco1)NC(=O)c1ccccc1. The van der Waals surface area contributed by atoms with Crippen molar-refractivity contribution in [2.75, 3.05) is 12.4 Å². The van der Waals surface area contributed by atoms with E-state index in [1.54, 1.807) is 60.7 Å². The Labute approximate surface area is 156 Å². The van der Waals surface area contributed by atoms with E-state index in [-0.39, 0.29) is 5.70 Å². The van der Waals surface area contributed by atoms with Crippen molar-refractivity contribution in [1.29, 1.82) is 0 Å². The summed E-state index contributed by atoms with van der Waals surface area (Å²) in [5, 5.41) is 5.38. The molecule has 0 fully saturated rings. The number of carbonyl (C=O) groups excluding carboxylic acids is 2. The van der Waals surface area contributed by atoms with Crippen molar-refractivity contribution in [1.82, 2.24) is 5.32 Å². The average molecular weight is 362 g/mol. The van der Waals surface area contributed by atoms with Gasteiger partial charge in [0, 0.05) is 11.6 Å². The van der Waals surface area contributed by atoms with Crippen molar-refractivity contribution in [3.05, 3.63) is 90.0 Å². The number of para-hydroxylation sites is 2. The van der Waals surface area contributed by atoms with E-state index in [1.807, 2.05) is 6.07 Å². The Kier molecular flexibility index (Phi) is 5.69. The minimum atomic E-state index is -0.500. The molecule has 0 aliphatic carbocycles. The number of rotatable bonds is 6. The van der Waals surface area contributed by atoms with Crippen molar-refractivity contribution in [3.8, 4) is 5.75 Å². The lowest BCUT2D eigenvalue weighted by atomic mass is 10.2. The molecule has 27 heavy (non-hydrogen) atoms. The van der Waals surface area contributed by atoms with Gasteiger partial charge in [0.05, 0.1) is 19.1 Å². The first-order valence-electron chi connectivity index (χ1n) is 8.23. The van der Waals surface area contributed by atoms with Gasteiger partial charge in [-0.05, 0) is 36.4 Å². The van der Waals surface area contributed by atoms with Gasteiger partial charge in [0.2, 0.25) is 0 Å². The molecule has 0 aliphatic rings. The van der Waals surface area contributed by atoms with E-state index in [0.717, 1.165) is 0 Å². The number of amides is 2. The van der Waals surface area contributed by atoms with Crippen LogP contribution in [0.2, 0.25) is 0 Å². The number of hydrogen-bond donors (Lipinski definition) is 2. The van der Waals surface area contributed by atoms with E-state index >= 15 is 0 Å². The highest BCUT2D eigenvalue weighted by Crippen LogP contribution is 2.23. The second-order valence-electron chi connectivity index (χ2n) is 5.55. The number of furan rings is 1. The summed E-state index contributed by atoms with van der Waals surface area (Å²) in [6, 6.07) is 19.0. The van der Waals surface area contributed by atoms with Crippen LogP contribution in [0.3, 0.4) is 0 Å².